The first-order valence-corrected chi connectivity index (χ1v) is 11.5. The normalized spacial score (nSPS) is 18.5. The molecule has 1 aliphatic heterocycles. The standard InChI is InChI=1S/C23H32N4O9/c1-12(28)19(24)21(33)26-16(11-13-4-6-14(29)7-5-13)22(34)27-10-2-3-17(27)20(32)25-15(23(35)36)8-9-18(30)31/h4-7,12,15-17,19,28-29H,2-3,8-11,24H2,1H3,(H,25,32)(H,26,33)(H,30,31)(H,35,36). The number of hydrogen-bond donors (Lipinski definition) is 7. The smallest absolute Gasteiger partial charge is 0.326 e. The van der Waals surface area contributed by atoms with Crippen molar-refractivity contribution in [2.75, 3.05) is 6.54 Å². The number of nitrogens with two attached hydrogens (primary N) is 1. The Labute approximate surface area is 207 Å². The number of phenolic OH excluding ortho intramolecular Hbond substituents is 1. The summed E-state index contributed by atoms with van der Waals surface area (Å²) in [6, 6.07) is 1.02. The summed E-state index contributed by atoms with van der Waals surface area (Å²) >= 11 is 0. The summed E-state index contributed by atoms with van der Waals surface area (Å²) in [4.78, 5) is 62.4. The van der Waals surface area contributed by atoms with Gasteiger partial charge >= 0.3 is 11.9 Å². The average molecular weight is 509 g/mol. The molecule has 198 valence electrons. The van der Waals surface area contributed by atoms with Gasteiger partial charge in [-0.1, -0.05) is 12.1 Å². The first-order valence-electron chi connectivity index (χ1n) is 11.5. The predicted molar refractivity (Wildman–Crippen MR) is 125 cm³/mol. The van der Waals surface area contributed by atoms with Gasteiger partial charge in [0.1, 0.15) is 29.9 Å². The molecule has 0 bridgehead atoms. The minimum absolute atomic E-state index is 0.00140. The van der Waals surface area contributed by atoms with Gasteiger partial charge in [-0.05, 0) is 43.9 Å². The van der Waals surface area contributed by atoms with Crippen LogP contribution in [0.25, 0.3) is 0 Å². The minimum Gasteiger partial charge on any atom is -0.508 e. The summed E-state index contributed by atoms with van der Waals surface area (Å²) in [5, 5.41) is 42.1. The molecule has 8 N–H and O–H groups in total. The van der Waals surface area contributed by atoms with Gasteiger partial charge in [-0.25, -0.2) is 4.79 Å². The van der Waals surface area contributed by atoms with Crippen LogP contribution in [-0.2, 0) is 30.4 Å². The van der Waals surface area contributed by atoms with Gasteiger partial charge in [-0.2, -0.15) is 0 Å². The summed E-state index contributed by atoms with van der Waals surface area (Å²) in [7, 11) is 0. The van der Waals surface area contributed by atoms with E-state index >= 15 is 0 Å². The van der Waals surface area contributed by atoms with Crippen LogP contribution >= 0.6 is 0 Å². The molecule has 2 rings (SSSR count). The van der Waals surface area contributed by atoms with Crippen molar-refractivity contribution < 1.29 is 44.4 Å². The number of nitrogens with one attached hydrogen (secondary N) is 2. The largest absolute Gasteiger partial charge is 0.508 e. The van der Waals surface area contributed by atoms with Crippen LogP contribution in [0, 0.1) is 0 Å². The van der Waals surface area contributed by atoms with Crippen molar-refractivity contribution in [3.63, 3.8) is 0 Å². The maximum Gasteiger partial charge on any atom is 0.326 e. The van der Waals surface area contributed by atoms with Gasteiger partial charge in [0.25, 0.3) is 0 Å². The molecule has 5 atom stereocenters. The number of nitrogens with zero attached hydrogens (tertiary/aromatic N) is 1. The van der Waals surface area contributed by atoms with Crippen LogP contribution in [0.1, 0.15) is 38.2 Å². The van der Waals surface area contributed by atoms with Gasteiger partial charge in [-0.15, -0.1) is 0 Å². The Morgan fingerprint density at radius 1 is 1.08 bits per heavy atom. The molecule has 0 radical (unpaired) electrons. The number of phenols is 1. The van der Waals surface area contributed by atoms with Gasteiger partial charge in [0, 0.05) is 19.4 Å². The third kappa shape index (κ3) is 7.92. The van der Waals surface area contributed by atoms with E-state index in [9.17, 15) is 39.3 Å². The molecule has 1 aromatic carbocycles. The van der Waals surface area contributed by atoms with Crippen LogP contribution in [0.4, 0.5) is 0 Å². The summed E-state index contributed by atoms with van der Waals surface area (Å²) < 4.78 is 0. The van der Waals surface area contributed by atoms with Crippen molar-refractivity contribution in [1.82, 2.24) is 15.5 Å². The first-order chi connectivity index (χ1) is 16.9. The number of carboxylic acid groups (broad SMARTS) is 2. The summed E-state index contributed by atoms with van der Waals surface area (Å²) in [5.74, 6) is -4.73. The number of carbonyl (C=O) groups is 5. The molecular formula is C23H32N4O9. The molecule has 1 aliphatic rings. The maximum atomic E-state index is 13.5. The fourth-order valence-electron chi connectivity index (χ4n) is 3.85. The van der Waals surface area contributed by atoms with Crippen molar-refractivity contribution in [2.24, 2.45) is 5.73 Å². The van der Waals surface area contributed by atoms with Crippen molar-refractivity contribution in [3.05, 3.63) is 29.8 Å². The molecule has 0 saturated carbocycles. The Bertz CT molecular complexity index is 967. The average Bonchev–Trinajstić information content (AvgIpc) is 3.31. The second kappa shape index (κ2) is 12.8. The Balaban J connectivity index is 2.22. The number of aliphatic carboxylic acids is 2. The predicted octanol–water partition coefficient (Wildman–Crippen LogP) is -1.45. The topological polar surface area (TPSA) is 220 Å². The number of amides is 3. The lowest BCUT2D eigenvalue weighted by atomic mass is 10.0. The molecule has 1 saturated heterocycles. The van der Waals surface area contributed by atoms with Gasteiger partial charge in [0.2, 0.25) is 17.7 Å². The quantitative estimate of drug-likeness (QED) is 0.174. The zero-order valence-electron chi connectivity index (χ0n) is 19.8. The van der Waals surface area contributed by atoms with Crippen molar-refractivity contribution in [3.8, 4) is 5.75 Å². The Kier molecular flexibility index (Phi) is 10.2. The van der Waals surface area contributed by atoms with E-state index in [2.05, 4.69) is 10.6 Å². The highest BCUT2D eigenvalue weighted by molar-refractivity contribution is 5.94. The van der Waals surface area contributed by atoms with Crippen LogP contribution in [-0.4, -0.2) is 91.8 Å². The molecule has 1 heterocycles. The number of hydrogen-bond acceptors (Lipinski definition) is 8. The SMILES string of the molecule is CC(O)C(N)C(=O)NC(Cc1ccc(O)cc1)C(=O)N1CCCC1C(=O)NC(CCC(=O)O)C(=O)O. The number of rotatable bonds is 12. The number of aromatic hydroxyl groups is 1. The van der Waals surface area contributed by atoms with Crippen LogP contribution in [0.3, 0.4) is 0 Å². The Morgan fingerprint density at radius 3 is 2.28 bits per heavy atom. The molecule has 13 nitrogen and oxygen atoms in total. The van der Waals surface area contributed by atoms with Crippen LogP contribution < -0.4 is 16.4 Å². The number of benzene rings is 1. The van der Waals surface area contributed by atoms with E-state index in [-0.39, 0.29) is 31.6 Å². The van der Waals surface area contributed by atoms with E-state index in [0.29, 0.717) is 12.0 Å². The van der Waals surface area contributed by atoms with Gasteiger partial charge < -0.3 is 41.7 Å². The summed E-state index contributed by atoms with van der Waals surface area (Å²) in [6.45, 7) is 1.50. The Hall–Kier alpha value is -3.71. The third-order valence-electron chi connectivity index (χ3n) is 5.91. The van der Waals surface area contributed by atoms with Crippen LogP contribution in [0.2, 0.25) is 0 Å². The van der Waals surface area contributed by atoms with Crippen LogP contribution in [0.5, 0.6) is 5.75 Å². The molecular weight excluding hydrogens is 476 g/mol. The Morgan fingerprint density at radius 2 is 1.72 bits per heavy atom. The number of aliphatic hydroxyl groups is 1. The van der Waals surface area contributed by atoms with E-state index < -0.39 is 66.4 Å². The molecule has 1 aromatic rings. The van der Waals surface area contributed by atoms with Crippen molar-refractivity contribution in [2.45, 2.75) is 69.3 Å². The van der Waals surface area contributed by atoms with Gasteiger partial charge in [0.05, 0.1) is 6.10 Å². The second-order valence-corrected chi connectivity index (χ2v) is 8.72. The van der Waals surface area contributed by atoms with E-state index in [1.54, 1.807) is 12.1 Å². The van der Waals surface area contributed by atoms with E-state index in [0.717, 1.165) is 0 Å². The first kappa shape index (κ1) is 28.5. The lowest BCUT2D eigenvalue weighted by molar-refractivity contribution is -0.145. The summed E-state index contributed by atoms with van der Waals surface area (Å²) in [6.07, 6.45) is -1.28. The number of carbonyl (C=O) groups excluding carboxylic acids is 3. The second-order valence-electron chi connectivity index (χ2n) is 8.72. The highest BCUT2D eigenvalue weighted by atomic mass is 16.4. The highest BCUT2D eigenvalue weighted by Crippen LogP contribution is 2.21. The summed E-state index contributed by atoms with van der Waals surface area (Å²) in [5.41, 5.74) is 6.30. The maximum absolute atomic E-state index is 13.5. The fourth-order valence-corrected chi connectivity index (χ4v) is 3.85. The molecule has 13 heteroatoms. The zero-order chi connectivity index (χ0) is 27.0. The number of aliphatic hydroxyl groups excluding tert-OH is 1. The molecule has 0 aliphatic carbocycles. The van der Waals surface area contributed by atoms with E-state index in [1.807, 2.05) is 0 Å². The fraction of sp³-hybridized carbons (Fsp3) is 0.522. The van der Waals surface area contributed by atoms with Gasteiger partial charge in [0.15, 0.2) is 0 Å². The lowest BCUT2D eigenvalue weighted by Gasteiger charge is -2.30. The van der Waals surface area contributed by atoms with Crippen molar-refractivity contribution >= 4 is 29.7 Å². The molecule has 0 aromatic heterocycles. The lowest BCUT2D eigenvalue weighted by Crippen LogP contribution is -2.58. The zero-order valence-corrected chi connectivity index (χ0v) is 19.8. The third-order valence-corrected chi connectivity index (χ3v) is 5.91. The van der Waals surface area contributed by atoms with Crippen LogP contribution in [0.15, 0.2) is 24.3 Å². The molecule has 0 spiro atoms. The van der Waals surface area contributed by atoms with Crippen molar-refractivity contribution in [1.29, 1.82) is 0 Å². The molecule has 36 heavy (non-hydrogen) atoms. The monoisotopic (exact) mass is 508 g/mol. The number of likely N-dealkylation sites (tertiary alicyclic amines) is 1. The molecule has 5 unspecified atom stereocenters. The molecule has 3 amide bonds. The van der Waals surface area contributed by atoms with E-state index in [1.165, 1.54) is 24.0 Å². The van der Waals surface area contributed by atoms with E-state index in [4.69, 9.17) is 10.8 Å². The molecule has 1 fully saturated rings. The number of carboxylic acids is 2. The highest BCUT2D eigenvalue weighted by Gasteiger charge is 2.39. The van der Waals surface area contributed by atoms with Gasteiger partial charge in [-0.3, -0.25) is 19.2 Å². The minimum atomic E-state index is -1.44.